The van der Waals surface area contributed by atoms with E-state index in [2.05, 4.69) is 5.43 Å². The molecule has 0 radical (unpaired) electrons. The highest BCUT2D eigenvalue weighted by Crippen LogP contribution is 2.20. The third kappa shape index (κ3) is 3.56. The van der Waals surface area contributed by atoms with Gasteiger partial charge in [0.2, 0.25) is 0 Å². The van der Waals surface area contributed by atoms with Gasteiger partial charge in [-0.05, 0) is 41.8 Å². The molecule has 0 spiro atoms. The van der Waals surface area contributed by atoms with E-state index in [0.29, 0.717) is 11.1 Å². The first-order chi connectivity index (χ1) is 9.08. The molecule has 0 amide bonds. The van der Waals surface area contributed by atoms with Crippen molar-refractivity contribution in [2.75, 3.05) is 0 Å². The minimum atomic E-state index is -0.648. The van der Waals surface area contributed by atoms with Crippen LogP contribution in [0.1, 0.15) is 17.2 Å². The van der Waals surface area contributed by atoms with Crippen molar-refractivity contribution in [1.82, 2.24) is 5.43 Å². The predicted octanol–water partition coefficient (Wildman–Crippen LogP) is 2.85. The second-order valence-corrected chi connectivity index (χ2v) is 4.26. The number of rotatable bonds is 4. The van der Waals surface area contributed by atoms with Gasteiger partial charge >= 0.3 is 0 Å². The molecule has 0 bridgehead atoms. The second-order valence-electron chi connectivity index (χ2n) is 4.26. The summed E-state index contributed by atoms with van der Waals surface area (Å²) < 4.78 is 39.3. The monoisotopic (exact) mass is 266 g/mol. The summed E-state index contributed by atoms with van der Waals surface area (Å²) in [7, 11) is 0. The van der Waals surface area contributed by atoms with Crippen molar-refractivity contribution in [3.8, 4) is 0 Å². The van der Waals surface area contributed by atoms with Gasteiger partial charge in [-0.2, -0.15) is 0 Å². The number of nitrogens with one attached hydrogen (secondary N) is 1. The number of hydrazine groups is 1. The third-order valence-electron chi connectivity index (χ3n) is 2.81. The van der Waals surface area contributed by atoms with E-state index in [1.165, 1.54) is 24.3 Å². The van der Waals surface area contributed by atoms with Crippen LogP contribution >= 0.6 is 0 Å². The summed E-state index contributed by atoms with van der Waals surface area (Å²) in [6.45, 7) is 0. The van der Waals surface area contributed by atoms with Crippen molar-refractivity contribution in [3.63, 3.8) is 0 Å². The van der Waals surface area contributed by atoms with E-state index < -0.39 is 17.7 Å². The molecule has 2 aromatic rings. The molecule has 0 aliphatic carbocycles. The Kier molecular flexibility index (Phi) is 4.19. The van der Waals surface area contributed by atoms with Crippen LogP contribution in [0.15, 0.2) is 42.5 Å². The maximum atomic E-state index is 13.1. The van der Waals surface area contributed by atoms with Gasteiger partial charge in [0.25, 0.3) is 0 Å². The van der Waals surface area contributed by atoms with Gasteiger partial charge in [-0.3, -0.25) is 11.3 Å². The molecule has 0 aromatic heterocycles. The zero-order chi connectivity index (χ0) is 13.8. The first-order valence-electron chi connectivity index (χ1n) is 5.75. The molecule has 0 saturated carbocycles. The van der Waals surface area contributed by atoms with Gasteiger partial charge in [-0.25, -0.2) is 13.2 Å². The highest BCUT2D eigenvalue weighted by Gasteiger charge is 2.12. The maximum absolute atomic E-state index is 13.1. The highest BCUT2D eigenvalue weighted by molar-refractivity contribution is 5.25. The van der Waals surface area contributed by atoms with Crippen LogP contribution in [0.25, 0.3) is 0 Å². The van der Waals surface area contributed by atoms with E-state index in [4.69, 9.17) is 5.84 Å². The summed E-state index contributed by atoms with van der Waals surface area (Å²) in [4.78, 5) is 0. The van der Waals surface area contributed by atoms with Crippen LogP contribution in [0.4, 0.5) is 13.2 Å². The molecule has 0 aliphatic rings. The summed E-state index contributed by atoms with van der Waals surface area (Å²) in [5.41, 5.74) is 3.59. The van der Waals surface area contributed by atoms with E-state index in [1.807, 2.05) is 0 Å². The standard InChI is InChI=1S/C14H13F3N2/c15-11-3-1-2-10(7-11)14(19-18)6-9-4-12(16)8-13(17)5-9/h1-5,7-8,14,19H,6,18H2. The summed E-state index contributed by atoms with van der Waals surface area (Å²) >= 11 is 0. The lowest BCUT2D eigenvalue weighted by molar-refractivity contribution is 0.535. The first-order valence-corrected chi connectivity index (χ1v) is 5.75. The summed E-state index contributed by atoms with van der Waals surface area (Å²) in [5.74, 6) is 3.74. The molecule has 0 aliphatic heterocycles. The lowest BCUT2D eigenvalue weighted by Crippen LogP contribution is -2.29. The van der Waals surface area contributed by atoms with Crippen molar-refractivity contribution < 1.29 is 13.2 Å². The predicted molar refractivity (Wildman–Crippen MR) is 66.5 cm³/mol. The molecule has 1 unspecified atom stereocenters. The van der Waals surface area contributed by atoms with Crippen molar-refractivity contribution in [3.05, 3.63) is 71.0 Å². The third-order valence-corrected chi connectivity index (χ3v) is 2.81. The molecule has 0 saturated heterocycles. The first kappa shape index (κ1) is 13.6. The van der Waals surface area contributed by atoms with Gasteiger partial charge in [0.15, 0.2) is 0 Å². The van der Waals surface area contributed by atoms with Crippen LogP contribution in [0.2, 0.25) is 0 Å². The van der Waals surface area contributed by atoms with Crippen LogP contribution in [-0.2, 0) is 6.42 Å². The van der Waals surface area contributed by atoms with Crippen LogP contribution < -0.4 is 11.3 Å². The quantitative estimate of drug-likeness (QED) is 0.659. The fourth-order valence-corrected chi connectivity index (χ4v) is 1.96. The van der Waals surface area contributed by atoms with Crippen LogP contribution in [-0.4, -0.2) is 0 Å². The summed E-state index contributed by atoms with van der Waals surface area (Å²) in [5, 5.41) is 0. The Morgan fingerprint density at radius 3 is 2.21 bits per heavy atom. The number of benzene rings is 2. The molecule has 0 heterocycles. The van der Waals surface area contributed by atoms with Crippen molar-refractivity contribution in [2.24, 2.45) is 5.84 Å². The molecule has 100 valence electrons. The van der Waals surface area contributed by atoms with Crippen LogP contribution in [0.5, 0.6) is 0 Å². The number of nitrogens with two attached hydrogens (primary N) is 1. The highest BCUT2D eigenvalue weighted by atomic mass is 19.1. The average Bonchev–Trinajstić information content (AvgIpc) is 2.34. The molecule has 2 rings (SSSR count). The Balaban J connectivity index is 2.23. The molecule has 0 fully saturated rings. The van der Waals surface area contributed by atoms with Gasteiger partial charge in [0.05, 0.1) is 6.04 Å². The maximum Gasteiger partial charge on any atom is 0.126 e. The number of hydrogen-bond acceptors (Lipinski definition) is 2. The summed E-state index contributed by atoms with van der Waals surface area (Å²) in [6.07, 6.45) is 0.259. The zero-order valence-electron chi connectivity index (χ0n) is 10.0. The van der Waals surface area contributed by atoms with E-state index in [9.17, 15) is 13.2 Å². The van der Waals surface area contributed by atoms with Crippen LogP contribution in [0.3, 0.4) is 0 Å². The fourth-order valence-electron chi connectivity index (χ4n) is 1.96. The Morgan fingerprint density at radius 2 is 1.63 bits per heavy atom. The molecule has 2 aromatic carbocycles. The van der Waals surface area contributed by atoms with Crippen LogP contribution in [0, 0.1) is 17.5 Å². The Bertz CT molecular complexity index is 552. The molecule has 3 N–H and O–H groups in total. The van der Waals surface area contributed by atoms with E-state index in [0.717, 1.165) is 6.07 Å². The van der Waals surface area contributed by atoms with Gasteiger partial charge in [0, 0.05) is 6.07 Å². The minimum absolute atomic E-state index is 0.259. The van der Waals surface area contributed by atoms with Gasteiger partial charge in [0.1, 0.15) is 17.5 Å². The SMILES string of the molecule is NNC(Cc1cc(F)cc(F)c1)c1cccc(F)c1. The van der Waals surface area contributed by atoms with E-state index in [-0.39, 0.29) is 12.2 Å². The van der Waals surface area contributed by atoms with Crippen molar-refractivity contribution in [1.29, 1.82) is 0 Å². The second kappa shape index (κ2) is 5.86. The fraction of sp³-hybridized carbons (Fsp3) is 0.143. The molecule has 5 heteroatoms. The Morgan fingerprint density at radius 1 is 0.947 bits per heavy atom. The normalized spacial score (nSPS) is 12.4. The lowest BCUT2D eigenvalue weighted by atomic mass is 9.99. The average molecular weight is 266 g/mol. The number of hydrogen-bond donors (Lipinski definition) is 2. The molecular weight excluding hydrogens is 253 g/mol. The molecule has 2 nitrogen and oxygen atoms in total. The van der Waals surface area contributed by atoms with Gasteiger partial charge < -0.3 is 0 Å². The largest absolute Gasteiger partial charge is 0.271 e. The molecule has 1 atom stereocenters. The van der Waals surface area contributed by atoms with Crippen molar-refractivity contribution >= 4 is 0 Å². The van der Waals surface area contributed by atoms with E-state index in [1.54, 1.807) is 12.1 Å². The molecule has 19 heavy (non-hydrogen) atoms. The lowest BCUT2D eigenvalue weighted by Gasteiger charge is -2.16. The van der Waals surface area contributed by atoms with Gasteiger partial charge in [-0.15, -0.1) is 0 Å². The number of halogens is 3. The van der Waals surface area contributed by atoms with Crippen molar-refractivity contribution in [2.45, 2.75) is 12.5 Å². The van der Waals surface area contributed by atoms with E-state index >= 15 is 0 Å². The Hall–Kier alpha value is -1.85. The topological polar surface area (TPSA) is 38.0 Å². The minimum Gasteiger partial charge on any atom is -0.271 e. The smallest absolute Gasteiger partial charge is 0.126 e. The zero-order valence-corrected chi connectivity index (χ0v) is 10.0. The molecular formula is C14H13F3N2. The summed E-state index contributed by atoms with van der Waals surface area (Å²) in [6, 6.07) is 8.75. The van der Waals surface area contributed by atoms with Gasteiger partial charge in [-0.1, -0.05) is 12.1 Å². The Labute approximate surface area is 109 Å².